The van der Waals surface area contributed by atoms with Crippen LogP contribution in [0, 0.1) is 0 Å². The number of carbonyl (C=O) groups is 1. The number of carboxylic acids is 1. The van der Waals surface area contributed by atoms with Crippen LogP contribution in [0.5, 0.6) is 0 Å². The Bertz CT molecular complexity index is 1960. The SMILES string of the molecule is NCc1ccccc1.O=C(O)c1ccc(C2=Cc3cc4ccc(cc5nc(cc6ccc(cc2n3)[nH]6)C=C5)[nH]4)cc1.[Zn]. The Hall–Kier alpha value is -4.91. The molecule has 0 aliphatic carbocycles. The first-order valence-corrected chi connectivity index (χ1v) is 13.2. The Morgan fingerprint density at radius 2 is 1.24 bits per heavy atom. The molecule has 7 rings (SSSR count). The van der Waals surface area contributed by atoms with Crippen LogP contribution in [0.4, 0.5) is 0 Å². The van der Waals surface area contributed by atoms with Crippen LogP contribution in [0.1, 0.15) is 44.3 Å². The zero-order chi connectivity index (χ0) is 28.2. The Labute approximate surface area is 255 Å². The number of hydrogen-bond acceptors (Lipinski definition) is 4. The molecule has 8 heteroatoms. The summed E-state index contributed by atoms with van der Waals surface area (Å²) in [5.74, 6) is -0.943. The summed E-state index contributed by atoms with van der Waals surface area (Å²) in [4.78, 5) is 27.6. The average Bonchev–Trinajstić information content (AvgIpc) is 3.80. The van der Waals surface area contributed by atoms with Gasteiger partial charge < -0.3 is 20.8 Å². The van der Waals surface area contributed by atoms with Gasteiger partial charge in [-0.3, -0.25) is 0 Å². The van der Waals surface area contributed by atoms with E-state index in [0.29, 0.717) is 6.54 Å². The third-order valence-electron chi connectivity index (χ3n) is 6.69. The van der Waals surface area contributed by atoms with Gasteiger partial charge in [-0.2, -0.15) is 0 Å². The molecule has 2 aliphatic heterocycles. The van der Waals surface area contributed by atoms with Crippen LogP contribution in [0.3, 0.4) is 0 Å². The monoisotopic (exact) mass is 601 g/mol. The van der Waals surface area contributed by atoms with Crippen LogP contribution in [0.15, 0.2) is 103 Å². The van der Waals surface area contributed by atoms with E-state index in [1.54, 1.807) is 12.1 Å². The smallest absolute Gasteiger partial charge is 0.335 e. The van der Waals surface area contributed by atoms with Gasteiger partial charge in [-0.05, 0) is 90.0 Å². The first-order chi connectivity index (χ1) is 20.0. The minimum atomic E-state index is -0.943. The maximum absolute atomic E-state index is 11.2. The molecule has 0 saturated carbocycles. The van der Waals surface area contributed by atoms with Gasteiger partial charge in [0.05, 0.1) is 28.3 Å². The van der Waals surface area contributed by atoms with E-state index in [1.165, 1.54) is 5.56 Å². The van der Waals surface area contributed by atoms with E-state index in [-0.39, 0.29) is 25.0 Å². The van der Waals surface area contributed by atoms with Gasteiger partial charge in [-0.25, -0.2) is 14.8 Å². The van der Waals surface area contributed by atoms with E-state index in [9.17, 15) is 9.90 Å². The molecule has 2 aliphatic rings. The van der Waals surface area contributed by atoms with E-state index in [1.807, 2.05) is 109 Å². The molecule has 0 amide bonds. The predicted molar refractivity (Wildman–Crippen MR) is 165 cm³/mol. The molecule has 5 N–H and O–H groups in total. The summed E-state index contributed by atoms with van der Waals surface area (Å²) < 4.78 is 0. The largest absolute Gasteiger partial charge is 0.478 e. The number of benzene rings is 2. The number of nitrogens with one attached hydrogen (secondary N) is 2. The number of fused-ring (bicyclic) bond motifs is 8. The van der Waals surface area contributed by atoms with Crippen LogP contribution < -0.4 is 5.73 Å². The van der Waals surface area contributed by atoms with Crippen molar-refractivity contribution in [2.24, 2.45) is 5.73 Å². The Morgan fingerprint density at radius 1 is 0.690 bits per heavy atom. The number of rotatable bonds is 3. The molecule has 7 nitrogen and oxygen atoms in total. The van der Waals surface area contributed by atoms with Gasteiger partial charge in [0, 0.05) is 53.7 Å². The second-order valence-electron chi connectivity index (χ2n) is 9.66. The van der Waals surface area contributed by atoms with Crippen molar-refractivity contribution < 1.29 is 29.4 Å². The minimum absolute atomic E-state index is 0. The van der Waals surface area contributed by atoms with Crippen molar-refractivity contribution in [2.75, 3.05) is 0 Å². The molecule has 0 fully saturated rings. The molecule has 2 aromatic carbocycles. The molecule has 5 aromatic rings. The van der Waals surface area contributed by atoms with Crippen LogP contribution in [-0.4, -0.2) is 31.0 Å². The number of carboxylic acid groups (broad SMARTS) is 1. The second-order valence-corrected chi connectivity index (χ2v) is 9.66. The summed E-state index contributed by atoms with van der Waals surface area (Å²) in [7, 11) is 0. The van der Waals surface area contributed by atoms with Crippen molar-refractivity contribution in [3.63, 3.8) is 0 Å². The summed E-state index contributed by atoms with van der Waals surface area (Å²) in [6.07, 6.45) is 6.01. The van der Waals surface area contributed by atoms with Gasteiger partial charge in [0.2, 0.25) is 0 Å². The quantitative estimate of drug-likeness (QED) is 0.164. The zero-order valence-electron chi connectivity index (χ0n) is 22.8. The summed E-state index contributed by atoms with van der Waals surface area (Å²) in [5.41, 5.74) is 15.8. The van der Waals surface area contributed by atoms with E-state index < -0.39 is 5.97 Å². The first-order valence-electron chi connectivity index (χ1n) is 13.2. The number of aromatic amines is 2. The Kier molecular flexibility index (Phi) is 8.67. The summed E-state index contributed by atoms with van der Waals surface area (Å²) in [6, 6.07) is 32.9. The fourth-order valence-electron chi connectivity index (χ4n) is 4.65. The van der Waals surface area contributed by atoms with Crippen LogP contribution in [0.2, 0.25) is 0 Å². The van der Waals surface area contributed by atoms with E-state index in [2.05, 4.69) is 15.0 Å². The fourth-order valence-corrected chi connectivity index (χ4v) is 4.65. The average molecular weight is 603 g/mol. The number of H-pyrrole nitrogens is 2. The van der Waals surface area contributed by atoms with Crippen molar-refractivity contribution in [3.05, 3.63) is 143 Å². The molecular weight excluding hydrogens is 576 g/mol. The van der Waals surface area contributed by atoms with Crippen molar-refractivity contribution in [2.45, 2.75) is 6.54 Å². The molecule has 8 bridgehead atoms. The van der Waals surface area contributed by atoms with Crippen molar-refractivity contribution in [1.29, 1.82) is 0 Å². The minimum Gasteiger partial charge on any atom is -0.478 e. The van der Waals surface area contributed by atoms with Gasteiger partial charge in [0.25, 0.3) is 0 Å². The van der Waals surface area contributed by atoms with Crippen LogP contribution >= 0.6 is 0 Å². The molecule has 0 spiro atoms. The normalized spacial score (nSPS) is 11.6. The summed E-state index contributed by atoms with van der Waals surface area (Å²) in [6.45, 7) is 0.640. The van der Waals surface area contributed by atoms with Gasteiger partial charge in [0.15, 0.2) is 0 Å². The molecule has 0 atom stereocenters. The van der Waals surface area contributed by atoms with E-state index >= 15 is 0 Å². The predicted octanol–water partition coefficient (Wildman–Crippen LogP) is 6.92. The third-order valence-corrected chi connectivity index (χ3v) is 6.69. The van der Waals surface area contributed by atoms with Crippen LogP contribution in [0.25, 0.3) is 45.9 Å². The van der Waals surface area contributed by atoms with Crippen LogP contribution in [-0.2, 0) is 26.0 Å². The van der Waals surface area contributed by atoms with E-state index in [0.717, 1.165) is 56.0 Å². The van der Waals surface area contributed by atoms with Crippen molar-refractivity contribution in [3.8, 4) is 0 Å². The maximum atomic E-state index is 11.2. The third kappa shape index (κ3) is 6.69. The molecule has 202 valence electrons. The molecule has 0 saturated heterocycles. The Morgan fingerprint density at radius 3 is 1.76 bits per heavy atom. The van der Waals surface area contributed by atoms with Gasteiger partial charge in [-0.1, -0.05) is 42.5 Å². The second kappa shape index (κ2) is 12.7. The molecule has 0 radical (unpaired) electrons. The zero-order valence-corrected chi connectivity index (χ0v) is 25.8. The summed E-state index contributed by atoms with van der Waals surface area (Å²) in [5, 5.41) is 9.23. The van der Waals surface area contributed by atoms with Gasteiger partial charge >= 0.3 is 5.97 Å². The van der Waals surface area contributed by atoms with Gasteiger partial charge in [-0.15, -0.1) is 0 Å². The summed E-state index contributed by atoms with van der Waals surface area (Å²) >= 11 is 0. The van der Waals surface area contributed by atoms with Crippen molar-refractivity contribution >= 4 is 51.8 Å². The molecule has 3 aromatic heterocycles. The fraction of sp³-hybridized carbons (Fsp3) is 0.0294. The number of nitrogens with two attached hydrogens (primary N) is 1. The molecule has 5 heterocycles. The van der Waals surface area contributed by atoms with Gasteiger partial charge in [0.1, 0.15) is 0 Å². The molecular formula is C34H27N5O2Zn. The number of aromatic carboxylic acids is 1. The molecule has 42 heavy (non-hydrogen) atoms. The maximum Gasteiger partial charge on any atom is 0.335 e. The molecule has 0 unspecified atom stereocenters. The number of hydrogen-bond donors (Lipinski definition) is 4. The van der Waals surface area contributed by atoms with Crippen molar-refractivity contribution in [1.82, 2.24) is 19.9 Å². The number of nitrogens with zero attached hydrogens (tertiary/aromatic N) is 2. The standard InChI is InChI=1S/C27H18N4O2.C7H9N.Zn/c32-27(33)17-3-1-16(2-4-17)25-14-24-13-22-8-7-20(29-22)11-18-5-6-19(28-18)12-21-9-10-23(30-21)15-26(25)31-24;8-6-7-4-2-1-3-5-7;/h1-15,29-30H,(H,32,33);1-5H,6,8H2;. The first kappa shape index (κ1) is 28.6. The topological polar surface area (TPSA) is 121 Å². The Balaban J connectivity index is 0.000000342. The number of aromatic nitrogens is 4. The van der Waals surface area contributed by atoms with E-state index in [4.69, 9.17) is 10.7 Å².